The topological polar surface area (TPSA) is 115 Å². The van der Waals surface area contributed by atoms with E-state index in [1.54, 1.807) is 0 Å². The lowest BCUT2D eigenvalue weighted by Gasteiger charge is -2.28. The number of hydrogen-bond donors (Lipinski definition) is 0. The van der Waals surface area contributed by atoms with Gasteiger partial charge in [0.1, 0.15) is 0 Å². The predicted molar refractivity (Wildman–Crippen MR) is 108 cm³/mol. The minimum absolute atomic E-state index is 0.0373. The van der Waals surface area contributed by atoms with Gasteiger partial charge in [-0.2, -0.15) is 0 Å². The Hall–Kier alpha value is -1.94. The first kappa shape index (κ1) is 23.3. The van der Waals surface area contributed by atoms with Crippen molar-refractivity contribution in [1.29, 1.82) is 0 Å². The number of unbranched alkanes of at least 4 members (excludes halogenated alkanes) is 1. The molecule has 0 saturated carbocycles. The zero-order valence-electron chi connectivity index (χ0n) is 16.7. The fourth-order valence-electron chi connectivity index (χ4n) is 3.21. The van der Waals surface area contributed by atoms with E-state index in [4.69, 9.17) is 4.74 Å². The van der Waals surface area contributed by atoms with Crippen LogP contribution in [0, 0.1) is 0 Å². The number of nitrogens with zero attached hydrogens (tertiary/aromatic N) is 1. The molecule has 0 spiro atoms. The van der Waals surface area contributed by atoms with Crippen LogP contribution in [-0.2, 0) is 29.2 Å². The van der Waals surface area contributed by atoms with Gasteiger partial charge in [0.25, 0.3) is 5.91 Å². The monoisotopic (exact) mass is 445 g/mol. The van der Waals surface area contributed by atoms with Crippen LogP contribution in [0.3, 0.4) is 0 Å². The maximum Gasteiger partial charge on any atom is 0.339 e. The Morgan fingerprint density at radius 2 is 1.90 bits per heavy atom. The standard InChI is InChI=1S/C19H27NO7S2/c1-3-5-11-20(15-10-12-28(23,24)14-15)18(21)13-27-19(22)16-8-6-7-9-17(16)29(25,26)4-2/h6-9,15H,3-5,10-14H2,1-2H3. The molecule has 8 nitrogen and oxygen atoms in total. The fraction of sp³-hybridized carbons (Fsp3) is 0.579. The summed E-state index contributed by atoms with van der Waals surface area (Å²) in [4.78, 5) is 26.4. The van der Waals surface area contributed by atoms with Gasteiger partial charge in [-0.1, -0.05) is 32.4 Å². The summed E-state index contributed by atoms with van der Waals surface area (Å²) in [5.41, 5.74) is -0.120. The highest BCUT2D eigenvalue weighted by Crippen LogP contribution is 2.20. The summed E-state index contributed by atoms with van der Waals surface area (Å²) < 4.78 is 53.0. The Balaban J connectivity index is 2.11. The predicted octanol–water partition coefficient (Wildman–Crippen LogP) is 1.45. The Bertz CT molecular complexity index is 955. The summed E-state index contributed by atoms with van der Waals surface area (Å²) in [6.07, 6.45) is 1.89. The quantitative estimate of drug-likeness (QED) is 0.528. The van der Waals surface area contributed by atoms with Gasteiger partial charge in [-0.15, -0.1) is 0 Å². The van der Waals surface area contributed by atoms with Crippen LogP contribution in [0.2, 0.25) is 0 Å². The second-order valence-electron chi connectivity index (χ2n) is 6.97. The Labute approximate surface area is 172 Å². The maximum atomic E-state index is 12.7. The average Bonchev–Trinajstić information content (AvgIpc) is 3.05. The second kappa shape index (κ2) is 9.71. The van der Waals surface area contributed by atoms with E-state index < -0.39 is 44.2 Å². The van der Waals surface area contributed by atoms with E-state index >= 15 is 0 Å². The number of rotatable bonds is 9. The highest BCUT2D eigenvalue weighted by Gasteiger charge is 2.34. The van der Waals surface area contributed by atoms with Gasteiger partial charge in [0.05, 0.1) is 27.7 Å². The highest BCUT2D eigenvalue weighted by atomic mass is 32.2. The first-order valence-electron chi connectivity index (χ1n) is 9.60. The summed E-state index contributed by atoms with van der Waals surface area (Å²) in [6.45, 7) is 3.24. The first-order valence-corrected chi connectivity index (χ1v) is 13.1. The second-order valence-corrected chi connectivity index (χ2v) is 11.4. The lowest BCUT2D eigenvalue weighted by Crippen LogP contribution is -2.44. The Kier molecular flexibility index (Phi) is 7.81. The zero-order chi connectivity index (χ0) is 21.7. The van der Waals surface area contributed by atoms with Gasteiger partial charge >= 0.3 is 5.97 Å². The maximum absolute atomic E-state index is 12.7. The summed E-state index contributed by atoms with van der Waals surface area (Å²) in [7, 11) is -6.80. The molecule has 10 heteroatoms. The van der Waals surface area contributed by atoms with E-state index in [-0.39, 0.29) is 27.7 Å². The van der Waals surface area contributed by atoms with Crippen LogP contribution in [-0.4, -0.2) is 70.1 Å². The van der Waals surface area contributed by atoms with Gasteiger partial charge in [0.2, 0.25) is 0 Å². The molecule has 1 unspecified atom stereocenters. The lowest BCUT2D eigenvalue weighted by molar-refractivity contribution is -0.136. The van der Waals surface area contributed by atoms with Gasteiger partial charge in [0, 0.05) is 12.6 Å². The smallest absolute Gasteiger partial charge is 0.339 e. The molecule has 1 saturated heterocycles. The molecule has 0 N–H and O–H groups in total. The van der Waals surface area contributed by atoms with E-state index in [0.29, 0.717) is 19.4 Å². The van der Waals surface area contributed by atoms with Crippen molar-refractivity contribution in [2.75, 3.05) is 30.4 Å². The van der Waals surface area contributed by atoms with Crippen molar-refractivity contribution in [2.24, 2.45) is 0 Å². The molecule has 1 heterocycles. The van der Waals surface area contributed by atoms with Crippen molar-refractivity contribution in [3.63, 3.8) is 0 Å². The van der Waals surface area contributed by atoms with Crippen LogP contribution >= 0.6 is 0 Å². The molecule has 162 valence electrons. The van der Waals surface area contributed by atoms with E-state index in [9.17, 15) is 26.4 Å². The number of amides is 1. The van der Waals surface area contributed by atoms with Gasteiger partial charge < -0.3 is 9.64 Å². The van der Waals surface area contributed by atoms with Gasteiger partial charge in [-0.05, 0) is 25.0 Å². The average molecular weight is 446 g/mol. The number of sulfone groups is 2. The number of hydrogen-bond acceptors (Lipinski definition) is 7. The van der Waals surface area contributed by atoms with Crippen LogP contribution < -0.4 is 0 Å². The van der Waals surface area contributed by atoms with Crippen molar-refractivity contribution >= 4 is 31.6 Å². The van der Waals surface area contributed by atoms with E-state index in [2.05, 4.69) is 0 Å². The molecular weight excluding hydrogens is 418 g/mol. The van der Waals surface area contributed by atoms with Crippen LogP contribution in [0.4, 0.5) is 0 Å². The lowest BCUT2D eigenvalue weighted by atomic mass is 10.2. The summed E-state index contributed by atoms with van der Waals surface area (Å²) in [6, 6.07) is 5.27. The Morgan fingerprint density at radius 1 is 1.21 bits per heavy atom. The van der Waals surface area contributed by atoms with Crippen molar-refractivity contribution in [2.45, 2.75) is 44.0 Å². The van der Waals surface area contributed by atoms with Crippen molar-refractivity contribution in [3.05, 3.63) is 29.8 Å². The molecule has 1 aliphatic heterocycles. The molecule has 0 radical (unpaired) electrons. The molecule has 0 bridgehead atoms. The zero-order valence-corrected chi connectivity index (χ0v) is 18.3. The number of carbonyl (C=O) groups is 2. The molecule has 2 rings (SSSR count). The van der Waals surface area contributed by atoms with Gasteiger partial charge in [0.15, 0.2) is 26.3 Å². The SMILES string of the molecule is CCCCN(C(=O)COC(=O)c1ccccc1S(=O)(=O)CC)C1CCS(=O)(=O)C1. The summed E-state index contributed by atoms with van der Waals surface area (Å²) >= 11 is 0. The van der Waals surface area contributed by atoms with Crippen LogP contribution in [0.25, 0.3) is 0 Å². The molecular formula is C19H27NO7S2. The van der Waals surface area contributed by atoms with Gasteiger partial charge in [-0.25, -0.2) is 21.6 Å². The first-order chi connectivity index (χ1) is 13.6. The molecule has 1 atom stereocenters. The number of benzene rings is 1. The van der Waals surface area contributed by atoms with Crippen molar-refractivity contribution < 1.29 is 31.2 Å². The third kappa shape index (κ3) is 6.02. The third-order valence-corrected chi connectivity index (χ3v) is 8.41. The van der Waals surface area contributed by atoms with Crippen molar-refractivity contribution in [3.8, 4) is 0 Å². The normalized spacial score (nSPS) is 18.3. The highest BCUT2D eigenvalue weighted by molar-refractivity contribution is 7.91. The van der Waals surface area contributed by atoms with Crippen molar-refractivity contribution in [1.82, 2.24) is 4.90 Å². The molecule has 1 aliphatic rings. The molecule has 1 aromatic rings. The van der Waals surface area contributed by atoms with Crippen LogP contribution in [0.15, 0.2) is 29.2 Å². The fourth-order valence-corrected chi connectivity index (χ4v) is 6.02. The van der Waals surface area contributed by atoms with E-state index in [0.717, 1.165) is 6.42 Å². The summed E-state index contributed by atoms with van der Waals surface area (Å²) in [5.74, 6) is -1.61. The molecule has 1 fully saturated rings. The molecule has 1 amide bonds. The molecule has 1 aromatic carbocycles. The van der Waals surface area contributed by atoms with Crippen LogP contribution in [0.5, 0.6) is 0 Å². The summed E-state index contributed by atoms with van der Waals surface area (Å²) in [5, 5.41) is 0. The number of ether oxygens (including phenoxy) is 1. The van der Waals surface area contributed by atoms with E-state index in [1.165, 1.54) is 36.1 Å². The molecule has 29 heavy (non-hydrogen) atoms. The molecule has 0 aliphatic carbocycles. The van der Waals surface area contributed by atoms with Crippen LogP contribution in [0.1, 0.15) is 43.5 Å². The van der Waals surface area contributed by atoms with Gasteiger partial charge in [-0.3, -0.25) is 4.79 Å². The number of esters is 1. The largest absolute Gasteiger partial charge is 0.452 e. The molecule has 0 aromatic heterocycles. The Morgan fingerprint density at radius 3 is 2.48 bits per heavy atom. The van der Waals surface area contributed by atoms with E-state index in [1.807, 2.05) is 6.92 Å². The number of carbonyl (C=O) groups excluding carboxylic acids is 2. The minimum atomic E-state index is -3.63. The minimum Gasteiger partial charge on any atom is -0.452 e. The third-order valence-electron chi connectivity index (χ3n) is 4.87.